The number of nitrogens with one attached hydrogen (secondary N) is 2. The highest BCUT2D eigenvalue weighted by Gasteiger charge is 2.45. The van der Waals surface area contributed by atoms with Crippen molar-refractivity contribution < 1.29 is 18.0 Å². The molecule has 2 N–H and O–H groups in total. The van der Waals surface area contributed by atoms with Gasteiger partial charge in [-0.25, -0.2) is 0 Å². The van der Waals surface area contributed by atoms with Crippen LogP contribution in [0.25, 0.3) is 0 Å². The van der Waals surface area contributed by atoms with Gasteiger partial charge in [-0.2, -0.15) is 13.2 Å². The molecule has 1 saturated carbocycles. The van der Waals surface area contributed by atoms with Crippen molar-refractivity contribution in [3.8, 4) is 0 Å². The Bertz CT molecular complexity index is 523. The number of allylic oxidation sites excluding steroid dienone is 2. The quantitative estimate of drug-likeness (QED) is 0.766. The number of carbonyl (C=O) groups excluding carboxylic acids is 1. The van der Waals surface area contributed by atoms with Crippen LogP contribution in [-0.4, -0.2) is 36.5 Å². The fourth-order valence-electron chi connectivity index (χ4n) is 3.64. The molecular weight excluding hydrogens is 307 g/mol. The lowest BCUT2D eigenvalue weighted by Crippen LogP contribution is -2.47. The average Bonchev–Trinajstić information content (AvgIpc) is 2.82. The van der Waals surface area contributed by atoms with Gasteiger partial charge in [0.2, 0.25) is 0 Å². The maximum atomic E-state index is 12.3. The summed E-state index contributed by atoms with van der Waals surface area (Å²) in [6.45, 7) is 1.58. The van der Waals surface area contributed by atoms with Crippen LogP contribution >= 0.6 is 0 Å². The summed E-state index contributed by atoms with van der Waals surface area (Å²) in [4.78, 5) is 17.0. The van der Waals surface area contributed by atoms with E-state index in [4.69, 9.17) is 4.99 Å². The van der Waals surface area contributed by atoms with Crippen LogP contribution in [0.5, 0.6) is 0 Å². The summed E-state index contributed by atoms with van der Waals surface area (Å²) in [6.07, 6.45) is 0.606. The molecule has 0 radical (unpaired) electrons. The van der Waals surface area contributed by atoms with E-state index in [1.165, 1.54) is 6.08 Å². The van der Waals surface area contributed by atoms with Gasteiger partial charge in [0.1, 0.15) is 11.4 Å². The summed E-state index contributed by atoms with van der Waals surface area (Å²) in [6, 6.07) is 0. The lowest BCUT2D eigenvalue weighted by atomic mass is 9.84. The first-order chi connectivity index (χ1) is 10.9. The number of rotatable bonds is 2. The molecule has 1 spiro atoms. The topological polar surface area (TPSA) is 53.5 Å². The molecule has 2 heterocycles. The van der Waals surface area contributed by atoms with Gasteiger partial charge < -0.3 is 10.6 Å². The lowest BCUT2D eigenvalue weighted by molar-refractivity contribution is -0.125. The van der Waals surface area contributed by atoms with Crippen LogP contribution in [0.4, 0.5) is 13.2 Å². The fourth-order valence-corrected chi connectivity index (χ4v) is 3.64. The Kier molecular flexibility index (Phi) is 4.49. The molecule has 0 unspecified atom stereocenters. The van der Waals surface area contributed by atoms with E-state index in [9.17, 15) is 18.0 Å². The molecule has 128 valence electrons. The highest BCUT2D eigenvalue weighted by Crippen LogP contribution is 2.35. The van der Waals surface area contributed by atoms with E-state index in [-0.39, 0.29) is 11.8 Å². The molecule has 23 heavy (non-hydrogen) atoms. The van der Waals surface area contributed by atoms with Crippen molar-refractivity contribution in [3.63, 3.8) is 0 Å². The second-order valence-electron chi connectivity index (χ2n) is 6.69. The van der Waals surface area contributed by atoms with Gasteiger partial charge in [-0.15, -0.1) is 0 Å². The highest BCUT2D eigenvalue weighted by atomic mass is 19.4. The number of nitrogens with zero attached hydrogens (tertiary/aromatic N) is 1. The molecule has 1 amide bonds. The summed E-state index contributed by atoms with van der Waals surface area (Å²) >= 11 is 0. The van der Waals surface area contributed by atoms with Crippen molar-refractivity contribution in [2.24, 2.45) is 10.9 Å². The Hall–Kier alpha value is -1.37. The van der Waals surface area contributed by atoms with Gasteiger partial charge in [-0.05, 0) is 51.6 Å². The van der Waals surface area contributed by atoms with Crippen LogP contribution in [0.2, 0.25) is 0 Å². The van der Waals surface area contributed by atoms with E-state index in [0.29, 0.717) is 25.7 Å². The molecule has 4 nitrogen and oxygen atoms in total. The van der Waals surface area contributed by atoms with E-state index in [1.54, 1.807) is 0 Å². The molecule has 0 atom stereocenters. The van der Waals surface area contributed by atoms with Crippen LogP contribution in [0, 0.1) is 5.92 Å². The first-order valence-electron chi connectivity index (χ1n) is 8.25. The maximum absolute atomic E-state index is 12.3. The smallest absolute Gasteiger partial charge is 0.317 e. The van der Waals surface area contributed by atoms with Gasteiger partial charge in [-0.1, -0.05) is 11.6 Å². The zero-order chi connectivity index (χ0) is 16.5. The SMILES string of the molecule is O=C1NC(C2CCC(=CCC(F)(F)F)CC2)=NC12CCNCC2. The molecular formula is C16H22F3N3O. The van der Waals surface area contributed by atoms with Crippen LogP contribution in [0.3, 0.4) is 0 Å². The largest absolute Gasteiger partial charge is 0.392 e. The number of amides is 1. The van der Waals surface area contributed by atoms with E-state index >= 15 is 0 Å². The average molecular weight is 329 g/mol. The molecule has 2 fully saturated rings. The Labute approximate surface area is 133 Å². The zero-order valence-corrected chi connectivity index (χ0v) is 13.0. The third kappa shape index (κ3) is 3.76. The Morgan fingerprint density at radius 2 is 1.87 bits per heavy atom. The minimum Gasteiger partial charge on any atom is -0.317 e. The van der Waals surface area contributed by atoms with Crippen molar-refractivity contribution in [1.82, 2.24) is 10.6 Å². The van der Waals surface area contributed by atoms with Gasteiger partial charge in [0.05, 0.1) is 6.42 Å². The fraction of sp³-hybridized carbons (Fsp3) is 0.750. The van der Waals surface area contributed by atoms with E-state index in [1.807, 2.05) is 0 Å². The Morgan fingerprint density at radius 1 is 1.22 bits per heavy atom. The Balaban J connectivity index is 1.60. The molecule has 7 heteroatoms. The van der Waals surface area contributed by atoms with E-state index in [2.05, 4.69) is 10.6 Å². The number of aliphatic imine (C=N–C) groups is 1. The zero-order valence-electron chi connectivity index (χ0n) is 13.0. The first-order valence-corrected chi connectivity index (χ1v) is 8.25. The molecule has 2 aliphatic heterocycles. The number of piperidine rings is 1. The maximum Gasteiger partial charge on any atom is 0.392 e. The molecule has 0 aromatic carbocycles. The molecule has 3 aliphatic rings. The number of amidine groups is 1. The molecule has 1 aliphatic carbocycles. The van der Waals surface area contributed by atoms with Crippen LogP contribution in [-0.2, 0) is 4.79 Å². The number of alkyl halides is 3. The third-order valence-corrected chi connectivity index (χ3v) is 5.07. The first kappa shape index (κ1) is 16.5. The van der Waals surface area contributed by atoms with Crippen molar-refractivity contribution in [1.29, 1.82) is 0 Å². The summed E-state index contributed by atoms with van der Waals surface area (Å²) < 4.78 is 36.8. The van der Waals surface area contributed by atoms with Gasteiger partial charge in [0.15, 0.2) is 0 Å². The highest BCUT2D eigenvalue weighted by molar-refractivity contribution is 6.09. The van der Waals surface area contributed by atoms with E-state index < -0.39 is 18.1 Å². The summed E-state index contributed by atoms with van der Waals surface area (Å²) in [5.74, 6) is 0.912. The van der Waals surface area contributed by atoms with Crippen LogP contribution < -0.4 is 10.6 Å². The number of hydrogen-bond donors (Lipinski definition) is 2. The normalized spacial score (nSPS) is 27.8. The summed E-state index contributed by atoms with van der Waals surface area (Å²) in [5, 5.41) is 6.17. The van der Waals surface area contributed by atoms with E-state index in [0.717, 1.165) is 37.3 Å². The molecule has 0 aromatic heterocycles. The second-order valence-corrected chi connectivity index (χ2v) is 6.69. The molecule has 3 rings (SSSR count). The predicted molar refractivity (Wildman–Crippen MR) is 81.1 cm³/mol. The number of hydrogen-bond acceptors (Lipinski definition) is 3. The minimum atomic E-state index is -4.13. The standard InChI is InChI=1S/C16H22F3N3O/c17-16(18,19)6-5-11-1-3-12(4-2-11)13-21-14(23)15(22-13)7-9-20-10-8-15/h5,12,20H,1-4,6-10H2,(H,21,22,23). The molecule has 1 saturated heterocycles. The lowest BCUT2D eigenvalue weighted by Gasteiger charge is -2.28. The van der Waals surface area contributed by atoms with Crippen LogP contribution in [0.1, 0.15) is 44.9 Å². The molecule has 0 aromatic rings. The van der Waals surface area contributed by atoms with Crippen molar-refractivity contribution >= 4 is 11.7 Å². The van der Waals surface area contributed by atoms with Crippen molar-refractivity contribution in [2.45, 2.75) is 56.7 Å². The number of halogens is 3. The summed E-state index contributed by atoms with van der Waals surface area (Å²) in [7, 11) is 0. The van der Waals surface area contributed by atoms with Gasteiger partial charge in [0.25, 0.3) is 5.91 Å². The number of carbonyl (C=O) groups is 1. The van der Waals surface area contributed by atoms with Crippen LogP contribution in [0.15, 0.2) is 16.6 Å². The van der Waals surface area contributed by atoms with Gasteiger partial charge >= 0.3 is 6.18 Å². The summed E-state index contributed by atoms with van der Waals surface area (Å²) in [5.41, 5.74) is 0.271. The minimum absolute atomic E-state index is 0.00703. The molecule has 0 bridgehead atoms. The Morgan fingerprint density at radius 3 is 2.48 bits per heavy atom. The van der Waals surface area contributed by atoms with Crippen molar-refractivity contribution in [3.05, 3.63) is 11.6 Å². The third-order valence-electron chi connectivity index (χ3n) is 5.07. The van der Waals surface area contributed by atoms with Crippen molar-refractivity contribution in [2.75, 3.05) is 13.1 Å². The second kappa shape index (κ2) is 6.26. The van der Waals surface area contributed by atoms with Gasteiger partial charge in [0, 0.05) is 5.92 Å². The monoisotopic (exact) mass is 329 g/mol. The van der Waals surface area contributed by atoms with Gasteiger partial charge in [-0.3, -0.25) is 9.79 Å². The predicted octanol–water partition coefficient (Wildman–Crippen LogP) is 2.71.